The summed E-state index contributed by atoms with van der Waals surface area (Å²) < 4.78 is 0. The molecule has 2 fully saturated rings. The van der Waals surface area contributed by atoms with Crippen LogP contribution in [0.15, 0.2) is 4.99 Å². The lowest BCUT2D eigenvalue weighted by atomic mass is 9.83. The van der Waals surface area contributed by atoms with Gasteiger partial charge >= 0.3 is 5.97 Å². The van der Waals surface area contributed by atoms with Crippen LogP contribution >= 0.6 is 0 Å². The third-order valence-corrected chi connectivity index (χ3v) is 9.69. The molecule has 0 bridgehead atoms. The van der Waals surface area contributed by atoms with Crippen molar-refractivity contribution >= 4 is 18.5 Å². The fourth-order valence-electron chi connectivity index (χ4n) is 7.07. The van der Waals surface area contributed by atoms with E-state index >= 15 is 0 Å². The first-order valence-electron chi connectivity index (χ1n) is 15.9. The van der Waals surface area contributed by atoms with Crippen LogP contribution in [0.1, 0.15) is 97.3 Å². The van der Waals surface area contributed by atoms with Gasteiger partial charge in [0.1, 0.15) is 18.9 Å². The number of carbonyl (C=O) groups is 2. The summed E-state index contributed by atoms with van der Waals surface area (Å²) in [5.74, 6) is -0.672. The Labute approximate surface area is 246 Å². The van der Waals surface area contributed by atoms with Crippen LogP contribution in [-0.2, 0) is 9.59 Å². The number of carbonyl (C=O) groups excluding carboxylic acids is 1. The summed E-state index contributed by atoms with van der Waals surface area (Å²) >= 11 is 0. The number of nitrogens with one attached hydrogen (secondary N) is 4. The molecule has 2 saturated heterocycles. The van der Waals surface area contributed by atoms with E-state index in [9.17, 15) is 24.9 Å². The Balaban J connectivity index is 1.39. The number of aliphatic carboxylic acids is 1. The van der Waals surface area contributed by atoms with Gasteiger partial charge in [0.25, 0.3) is 0 Å². The van der Waals surface area contributed by atoms with Gasteiger partial charge in [0.15, 0.2) is 6.67 Å². The van der Waals surface area contributed by atoms with Crippen molar-refractivity contribution in [3.05, 3.63) is 0 Å². The third kappa shape index (κ3) is 11.3. The average Bonchev–Trinajstić information content (AvgIpc) is 3.43. The Morgan fingerprint density at radius 2 is 2.07 bits per heavy atom. The molecule has 3 heterocycles. The largest absolute Gasteiger partial charge is 0.481 e. The zero-order valence-corrected chi connectivity index (χ0v) is 25.3. The molecule has 3 aliphatic heterocycles. The number of β-amino-alcohol motifs (C(OH)–C–C–N with tert-alkyl or cyclic N) is 1. The quantitative estimate of drug-likeness (QED) is 0.0815. The number of hydrogen-bond acceptors (Lipinski definition) is 9. The minimum Gasteiger partial charge on any atom is -0.481 e. The van der Waals surface area contributed by atoms with E-state index in [-0.39, 0.29) is 42.9 Å². The summed E-state index contributed by atoms with van der Waals surface area (Å²) in [5.41, 5.74) is 4.55. The Morgan fingerprint density at radius 3 is 2.76 bits per heavy atom. The fourth-order valence-corrected chi connectivity index (χ4v) is 7.07. The molecule has 0 aromatic carbocycles. The minimum atomic E-state index is -1.28. The van der Waals surface area contributed by atoms with E-state index in [0.29, 0.717) is 24.8 Å². The molecule has 3 rings (SSSR count). The normalized spacial score (nSPS) is 34.3. The van der Waals surface area contributed by atoms with Gasteiger partial charge in [-0.3, -0.25) is 4.79 Å². The van der Waals surface area contributed by atoms with E-state index in [2.05, 4.69) is 27.9 Å². The van der Waals surface area contributed by atoms with E-state index in [1.165, 1.54) is 4.90 Å². The Kier molecular flexibility index (Phi) is 13.6. The van der Waals surface area contributed by atoms with E-state index < -0.39 is 11.6 Å². The lowest BCUT2D eigenvalue weighted by Crippen LogP contribution is -3.16. The molecule has 9 N–H and O–H groups in total. The minimum absolute atomic E-state index is 0.0473. The fraction of sp³-hybridized carbons (Fsp3) is 0.900. The predicted molar refractivity (Wildman–Crippen MR) is 160 cm³/mol. The molecule has 0 aliphatic carbocycles. The van der Waals surface area contributed by atoms with Gasteiger partial charge in [0.05, 0.1) is 36.5 Å². The van der Waals surface area contributed by atoms with E-state index in [0.717, 1.165) is 90.3 Å². The standard InChI is InChI=1S/C30H56N6O5/c1-22-26(38)17-25(36-14-13-32-21-36)24(35-22)16-23(9-15-37)8-6-4-3-5-7-10-30(41,19-28(39)40)20-34-29(2)11-12-33-27(31)18-29/h13,15,22-27,33-35,38,41H,3-12,14,16-21,31H2,1-2H3,(H,39,40)/p+1/t22-,23+,24+,25-,26+,27+,29-,30+/m0/s1. The van der Waals surface area contributed by atoms with Gasteiger partial charge in [-0.05, 0) is 58.4 Å². The van der Waals surface area contributed by atoms with Crippen molar-refractivity contribution in [3.63, 3.8) is 0 Å². The van der Waals surface area contributed by atoms with Gasteiger partial charge in [-0.25, -0.2) is 4.99 Å². The van der Waals surface area contributed by atoms with E-state index in [4.69, 9.17) is 5.73 Å². The van der Waals surface area contributed by atoms with Crippen molar-refractivity contribution in [3.8, 4) is 0 Å². The molecule has 1 unspecified atom stereocenters. The maximum Gasteiger partial charge on any atom is 0.306 e. The summed E-state index contributed by atoms with van der Waals surface area (Å²) in [5, 5.41) is 41.4. The summed E-state index contributed by atoms with van der Waals surface area (Å²) in [7, 11) is 0. The topological polar surface area (TPSA) is 174 Å². The van der Waals surface area contributed by atoms with E-state index in [1.807, 2.05) is 13.1 Å². The second-order valence-electron chi connectivity index (χ2n) is 13.4. The molecule has 11 nitrogen and oxygen atoms in total. The number of nitrogens with zero attached hydrogens (tertiary/aromatic N) is 1. The van der Waals surface area contributed by atoms with Gasteiger partial charge in [0.2, 0.25) is 0 Å². The molecule has 9 atom stereocenters. The molecule has 0 radical (unpaired) electrons. The lowest BCUT2D eigenvalue weighted by Gasteiger charge is -2.42. The highest BCUT2D eigenvalue weighted by Crippen LogP contribution is 2.26. The molecule has 41 heavy (non-hydrogen) atoms. The van der Waals surface area contributed by atoms with Gasteiger partial charge in [-0.2, -0.15) is 0 Å². The number of quaternary nitrogens is 1. The maximum absolute atomic E-state index is 11.5. The first-order valence-corrected chi connectivity index (χ1v) is 15.9. The molecule has 11 heteroatoms. The number of rotatable bonds is 18. The smallest absolute Gasteiger partial charge is 0.306 e. The number of unbranched alkanes of at least 4 members (excludes halogenated alkanes) is 4. The molecule has 0 spiro atoms. The molecule has 0 aromatic heterocycles. The molecular formula is C30H57N6O5+. The van der Waals surface area contributed by atoms with Crippen LogP contribution in [0.25, 0.3) is 0 Å². The summed E-state index contributed by atoms with van der Waals surface area (Å²) in [4.78, 5) is 28.8. The summed E-state index contributed by atoms with van der Waals surface area (Å²) in [6.07, 6.45) is 12.4. The monoisotopic (exact) mass is 581 g/mol. The second-order valence-corrected chi connectivity index (χ2v) is 13.4. The van der Waals surface area contributed by atoms with Crippen molar-refractivity contribution in [2.75, 3.05) is 26.3 Å². The molecule has 0 aromatic rings. The third-order valence-electron chi connectivity index (χ3n) is 9.69. The highest BCUT2D eigenvalue weighted by molar-refractivity contribution is 5.68. The number of aldehydes is 1. The van der Waals surface area contributed by atoms with Gasteiger partial charge < -0.3 is 46.7 Å². The first kappa shape index (κ1) is 34.0. The summed E-state index contributed by atoms with van der Waals surface area (Å²) in [6, 6.07) is 0.607. The van der Waals surface area contributed by atoms with Gasteiger partial charge in [0, 0.05) is 31.0 Å². The molecule has 236 valence electrons. The van der Waals surface area contributed by atoms with Crippen LogP contribution in [-0.4, -0.2) is 102 Å². The highest BCUT2D eigenvalue weighted by Gasteiger charge is 2.41. The van der Waals surface area contributed by atoms with Crippen LogP contribution in [0.3, 0.4) is 0 Å². The number of carboxylic acids is 1. The van der Waals surface area contributed by atoms with Crippen molar-refractivity contribution < 1.29 is 29.8 Å². The predicted octanol–water partition coefficient (Wildman–Crippen LogP) is -0.0586. The van der Waals surface area contributed by atoms with Crippen molar-refractivity contribution in [2.45, 2.75) is 139 Å². The Hall–Kier alpha value is -1.47. The van der Waals surface area contributed by atoms with Gasteiger partial charge in [-0.1, -0.05) is 32.1 Å². The van der Waals surface area contributed by atoms with Crippen LogP contribution in [0.4, 0.5) is 0 Å². The number of piperidine rings is 2. The highest BCUT2D eigenvalue weighted by atomic mass is 16.4. The number of nitrogens with two attached hydrogens (primary N) is 1. The average molecular weight is 582 g/mol. The zero-order chi connectivity index (χ0) is 29.9. The number of aliphatic imine (C=N–C) groups is 1. The Bertz CT molecular complexity index is 840. The number of aliphatic hydroxyl groups is 2. The summed E-state index contributed by atoms with van der Waals surface area (Å²) in [6.45, 7) is 6.81. The maximum atomic E-state index is 11.5. The number of hydrogen-bond donors (Lipinski definition) is 8. The van der Waals surface area contributed by atoms with Gasteiger partial charge in [-0.15, -0.1) is 0 Å². The first-order chi connectivity index (χ1) is 19.5. The molecular weight excluding hydrogens is 524 g/mol. The van der Waals surface area contributed by atoms with Crippen LogP contribution in [0.5, 0.6) is 0 Å². The molecule has 0 saturated carbocycles. The lowest BCUT2D eigenvalue weighted by molar-refractivity contribution is -0.914. The number of carboxylic acid groups (broad SMARTS) is 1. The SMILES string of the molecule is C[C@@H]1N[C@H](C[C@@H](CC=O)CCCCCCC[C@](O)(CN[C@@]2(C)CCN[C@@H](N)C2)CC(=O)O)[C@@H]([NH+]2CC=NC2)C[C@H]1O. The second kappa shape index (κ2) is 16.4. The van der Waals surface area contributed by atoms with Crippen LogP contribution in [0.2, 0.25) is 0 Å². The van der Waals surface area contributed by atoms with Crippen molar-refractivity contribution in [1.29, 1.82) is 0 Å². The number of aliphatic hydroxyl groups excluding tert-OH is 1. The zero-order valence-electron chi connectivity index (χ0n) is 25.3. The molecule has 3 aliphatic rings. The Morgan fingerprint density at radius 1 is 1.32 bits per heavy atom. The van der Waals surface area contributed by atoms with Crippen molar-refractivity contribution in [2.24, 2.45) is 16.6 Å². The van der Waals surface area contributed by atoms with Crippen molar-refractivity contribution in [1.82, 2.24) is 16.0 Å². The molecule has 0 amide bonds. The van der Waals surface area contributed by atoms with E-state index in [1.54, 1.807) is 0 Å². The van der Waals surface area contributed by atoms with Crippen LogP contribution < -0.4 is 26.6 Å². The van der Waals surface area contributed by atoms with Crippen LogP contribution in [0, 0.1) is 5.92 Å².